The average Bonchev–Trinajstić information content (AvgIpc) is 2.60. The van der Waals surface area contributed by atoms with Crippen molar-refractivity contribution in [3.8, 4) is 5.75 Å². The Bertz CT molecular complexity index is 594. The van der Waals surface area contributed by atoms with Gasteiger partial charge in [-0.05, 0) is 31.0 Å². The number of rotatable bonds is 9. The van der Waals surface area contributed by atoms with E-state index in [0.29, 0.717) is 26.2 Å². The van der Waals surface area contributed by atoms with Crippen LogP contribution in [0, 0.1) is 5.41 Å². The molecule has 3 N–H and O–H groups in total. The summed E-state index contributed by atoms with van der Waals surface area (Å²) in [6, 6.07) is 7.83. The SMILES string of the molecule is CCCCOc1cccc(CNC(=O)C2(N)CC(OCC)C2(C)C)c1.Cl. The van der Waals surface area contributed by atoms with Crippen LogP contribution in [0.15, 0.2) is 24.3 Å². The molecular weight excluding hydrogens is 352 g/mol. The molecule has 0 saturated heterocycles. The number of carbonyl (C=O) groups excluding carboxylic acids is 1. The maximum absolute atomic E-state index is 12.7. The molecule has 6 heteroatoms. The van der Waals surface area contributed by atoms with E-state index in [0.717, 1.165) is 24.2 Å². The van der Waals surface area contributed by atoms with Crippen LogP contribution in [0.5, 0.6) is 5.75 Å². The van der Waals surface area contributed by atoms with Gasteiger partial charge in [0, 0.05) is 25.0 Å². The molecule has 2 atom stereocenters. The monoisotopic (exact) mass is 384 g/mol. The molecule has 0 aliphatic heterocycles. The number of nitrogens with two attached hydrogens (primary N) is 1. The molecule has 0 radical (unpaired) electrons. The highest BCUT2D eigenvalue weighted by atomic mass is 35.5. The van der Waals surface area contributed by atoms with Crippen molar-refractivity contribution >= 4 is 18.3 Å². The Kier molecular flexibility index (Phi) is 8.38. The third-order valence-electron chi connectivity index (χ3n) is 5.35. The zero-order valence-electron chi connectivity index (χ0n) is 16.3. The van der Waals surface area contributed by atoms with Gasteiger partial charge in [0.1, 0.15) is 11.3 Å². The van der Waals surface area contributed by atoms with E-state index < -0.39 is 5.54 Å². The van der Waals surface area contributed by atoms with E-state index in [4.69, 9.17) is 15.2 Å². The Morgan fingerprint density at radius 1 is 1.35 bits per heavy atom. The molecule has 0 bridgehead atoms. The van der Waals surface area contributed by atoms with Gasteiger partial charge in [-0.2, -0.15) is 0 Å². The van der Waals surface area contributed by atoms with Gasteiger partial charge in [-0.15, -0.1) is 12.4 Å². The van der Waals surface area contributed by atoms with E-state index in [1.165, 1.54) is 0 Å². The summed E-state index contributed by atoms with van der Waals surface area (Å²) < 4.78 is 11.4. The molecule has 5 nitrogen and oxygen atoms in total. The smallest absolute Gasteiger partial charge is 0.241 e. The third-order valence-corrected chi connectivity index (χ3v) is 5.35. The van der Waals surface area contributed by atoms with Gasteiger partial charge in [0.2, 0.25) is 5.91 Å². The van der Waals surface area contributed by atoms with E-state index in [2.05, 4.69) is 12.2 Å². The molecule has 0 aromatic heterocycles. The number of nitrogens with one attached hydrogen (secondary N) is 1. The molecule has 26 heavy (non-hydrogen) atoms. The summed E-state index contributed by atoms with van der Waals surface area (Å²) in [6.45, 7) is 9.88. The largest absolute Gasteiger partial charge is 0.494 e. The van der Waals surface area contributed by atoms with Crippen LogP contribution in [0.3, 0.4) is 0 Å². The summed E-state index contributed by atoms with van der Waals surface area (Å²) in [5, 5.41) is 2.98. The minimum Gasteiger partial charge on any atom is -0.494 e. The van der Waals surface area contributed by atoms with Crippen LogP contribution >= 0.6 is 12.4 Å². The Labute approximate surface area is 163 Å². The summed E-state index contributed by atoms with van der Waals surface area (Å²) in [7, 11) is 0. The van der Waals surface area contributed by atoms with Crippen LogP contribution in [0.25, 0.3) is 0 Å². The number of amides is 1. The van der Waals surface area contributed by atoms with Gasteiger partial charge in [-0.1, -0.05) is 39.3 Å². The number of hydrogen-bond acceptors (Lipinski definition) is 4. The van der Waals surface area contributed by atoms with Crippen molar-refractivity contribution in [1.82, 2.24) is 5.32 Å². The summed E-state index contributed by atoms with van der Waals surface area (Å²) in [5.74, 6) is 0.716. The fraction of sp³-hybridized carbons (Fsp3) is 0.650. The molecule has 2 rings (SSSR count). The number of halogens is 1. The van der Waals surface area contributed by atoms with Crippen LogP contribution in [0.1, 0.15) is 52.5 Å². The lowest BCUT2D eigenvalue weighted by molar-refractivity contribution is -0.170. The molecule has 0 spiro atoms. The molecule has 0 heterocycles. The maximum Gasteiger partial charge on any atom is 0.241 e. The van der Waals surface area contributed by atoms with Gasteiger partial charge in [-0.3, -0.25) is 4.79 Å². The molecule has 1 aliphatic carbocycles. The zero-order chi connectivity index (χ0) is 18.5. The fourth-order valence-electron chi connectivity index (χ4n) is 3.24. The molecule has 1 aliphatic rings. The summed E-state index contributed by atoms with van der Waals surface area (Å²) in [6.07, 6.45) is 2.72. The van der Waals surface area contributed by atoms with Gasteiger partial charge in [-0.25, -0.2) is 0 Å². The predicted octanol–water partition coefficient (Wildman–Crippen LogP) is 3.44. The lowest BCUT2D eigenvalue weighted by atomic mass is 9.54. The van der Waals surface area contributed by atoms with Gasteiger partial charge in [0.05, 0.1) is 12.7 Å². The van der Waals surface area contributed by atoms with Crippen molar-refractivity contribution in [2.75, 3.05) is 13.2 Å². The minimum atomic E-state index is -0.887. The summed E-state index contributed by atoms with van der Waals surface area (Å²) >= 11 is 0. The second kappa shape index (κ2) is 9.58. The van der Waals surface area contributed by atoms with Crippen molar-refractivity contribution in [2.45, 2.75) is 65.1 Å². The van der Waals surface area contributed by atoms with Crippen LogP contribution in [0.4, 0.5) is 0 Å². The number of benzene rings is 1. The molecule has 2 unspecified atom stereocenters. The highest BCUT2D eigenvalue weighted by Crippen LogP contribution is 2.49. The maximum atomic E-state index is 12.7. The van der Waals surface area contributed by atoms with Crippen molar-refractivity contribution < 1.29 is 14.3 Å². The van der Waals surface area contributed by atoms with Crippen molar-refractivity contribution in [3.05, 3.63) is 29.8 Å². The Hall–Kier alpha value is -1.30. The number of unbranched alkanes of at least 4 members (excludes halogenated alkanes) is 1. The first-order valence-electron chi connectivity index (χ1n) is 9.25. The minimum absolute atomic E-state index is 0. The van der Waals surface area contributed by atoms with Gasteiger partial charge >= 0.3 is 0 Å². The second-order valence-electron chi connectivity index (χ2n) is 7.37. The summed E-state index contributed by atoms with van der Waals surface area (Å²) in [5.41, 5.74) is 6.14. The first-order chi connectivity index (χ1) is 11.8. The van der Waals surface area contributed by atoms with Crippen molar-refractivity contribution in [3.63, 3.8) is 0 Å². The van der Waals surface area contributed by atoms with Crippen LogP contribution in [0.2, 0.25) is 0 Å². The molecular formula is C20H33ClN2O3. The van der Waals surface area contributed by atoms with E-state index in [-0.39, 0.29) is 29.8 Å². The predicted molar refractivity (Wildman–Crippen MR) is 107 cm³/mol. The first kappa shape index (κ1) is 22.7. The van der Waals surface area contributed by atoms with Crippen LogP contribution < -0.4 is 15.8 Å². The van der Waals surface area contributed by atoms with Gasteiger partial charge in [0.15, 0.2) is 0 Å². The average molecular weight is 385 g/mol. The molecule has 148 valence electrons. The van der Waals surface area contributed by atoms with Crippen LogP contribution in [-0.4, -0.2) is 30.8 Å². The molecule has 1 aromatic rings. The Morgan fingerprint density at radius 2 is 2.08 bits per heavy atom. The highest BCUT2D eigenvalue weighted by Gasteiger charge is 2.62. The normalized spacial score (nSPS) is 23.5. The third kappa shape index (κ3) is 4.70. The fourth-order valence-corrected chi connectivity index (χ4v) is 3.24. The number of hydrogen-bond donors (Lipinski definition) is 2. The molecule has 1 fully saturated rings. The van der Waals surface area contributed by atoms with E-state index >= 15 is 0 Å². The van der Waals surface area contributed by atoms with E-state index in [1.807, 2.05) is 45.0 Å². The Balaban J connectivity index is 0.00000338. The van der Waals surface area contributed by atoms with Crippen LogP contribution in [-0.2, 0) is 16.1 Å². The highest BCUT2D eigenvalue weighted by molar-refractivity contribution is 5.88. The van der Waals surface area contributed by atoms with E-state index in [9.17, 15) is 4.79 Å². The standard InChI is InChI=1S/C20H32N2O3.ClH/c1-5-7-11-25-16-10-8-9-15(12-16)14-22-18(23)20(21)13-17(24-6-2)19(20,3)4;/h8-10,12,17H,5-7,11,13-14,21H2,1-4H3,(H,22,23);1H. The quantitative estimate of drug-likeness (QED) is 0.639. The lowest BCUT2D eigenvalue weighted by Crippen LogP contribution is -2.75. The number of carbonyl (C=O) groups is 1. The van der Waals surface area contributed by atoms with Gasteiger partial charge in [0.25, 0.3) is 0 Å². The molecule has 1 amide bonds. The Morgan fingerprint density at radius 3 is 2.69 bits per heavy atom. The number of ether oxygens (including phenoxy) is 2. The van der Waals surface area contributed by atoms with Crippen molar-refractivity contribution in [2.24, 2.45) is 11.1 Å². The lowest BCUT2D eigenvalue weighted by Gasteiger charge is -2.57. The van der Waals surface area contributed by atoms with Gasteiger partial charge < -0.3 is 20.5 Å². The first-order valence-corrected chi connectivity index (χ1v) is 9.25. The second-order valence-corrected chi connectivity index (χ2v) is 7.37. The molecule has 1 saturated carbocycles. The summed E-state index contributed by atoms with van der Waals surface area (Å²) in [4.78, 5) is 12.7. The van der Waals surface area contributed by atoms with E-state index in [1.54, 1.807) is 0 Å². The zero-order valence-corrected chi connectivity index (χ0v) is 17.2. The topological polar surface area (TPSA) is 73.6 Å². The van der Waals surface area contributed by atoms with Crippen molar-refractivity contribution in [1.29, 1.82) is 0 Å². The molecule has 1 aromatic carbocycles.